The highest BCUT2D eigenvalue weighted by molar-refractivity contribution is 8.00. The van der Waals surface area contributed by atoms with Gasteiger partial charge in [-0.05, 0) is 19.1 Å². The maximum absolute atomic E-state index is 13.2. The molecule has 1 aromatic carbocycles. The number of benzene rings is 1. The van der Waals surface area contributed by atoms with Gasteiger partial charge in [0.2, 0.25) is 11.8 Å². The summed E-state index contributed by atoms with van der Waals surface area (Å²) in [4.78, 5) is 15.9. The summed E-state index contributed by atoms with van der Waals surface area (Å²) in [5.74, 6) is -2.10. The molecule has 0 aliphatic carbocycles. The third-order valence-corrected chi connectivity index (χ3v) is 3.98. The Balaban J connectivity index is 1.57. The molecule has 1 amide bonds. The van der Waals surface area contributed by atoms with Crippen LogP contribution in [0.25, 0.3) is 0 Å². The average Bonchev–Trinajstić information content (AvgIpc) is 3.23. The van der Waals surface area contributed by atoms with E-state index in [-0.39, 0.29) is 17.5 Å². The second-order valence-electron chi connectivity index (χ2n) is 4.93. The molecule has 25 heavy (non-hydrogen) atoms. The zero-order chi connectivity index (χ0) is 17.8. The van der Waals surface area contributed by atoms with Gasteiger partial charge < -0.3 is 9.73 Å². The SMILES string of the molecule is CC(Sc1nnc(Cn2cncn2)o1)C(=O)Nc1ccc(F)c(F)c1. The van der Waals surface area contributed by atoms with Crippen LogP contribution in [0.5, 0.6) is 0 Å². The molecule has 1 atom stereocenters. The number of thioether (sulfide) groups is 1. The second-order valence-corrected chi connectivity index (χ2v) is 6.23. The van der Waals surface area contributed by atoms with Gasteiger partial charge >= 0.3 is 0 Å². The highest BCUT2D eigenvalue weighted by Gasteiger charge is 2.19. The van der Waals surface area contributed by atoms with Gasteiger partial charge in [-0.2, -0.15) is 5.10 Å². The van der Waals surface area contributed by atoms with Crippen molar-refractivity contribution in [2.75, 3.05) is 5.32 Å². The van der Waals surface area contributed by atoms with Gasteiger partial charge in [-0.25, -0.2) is 18.4 Å². The number of hydrogen-bond acceptors (Lipinski definition) is 7. The van der Waals surface area contributed by atoms with E-state index in [9.17, 15) is 13.6 Å². The topological polar surface area (TPSA) is 98.7 Å². The van der Waals surface area contributed by atoms with Crippen LogP contribution < -0.4 is 5.32 Å². The van der Waals surface area contributed by atoms with Gasteiger partial charge in [0.05, 0.1) is 5.25 Å². The number of rotatable bonds is 6. The maximum Gasteiger partial charge on any atom is 0.277 e. The van der Waals surface area contributed by atoms with E-state index < -0.39 is 22.8 Å². The van der Waals surface area contributed by atoms with Crippen LogP contribution in [0.1, 0.15) is 12.8 Å². The van der Waals surface area contributed by atoms with Crippen molar-refractivity contribution in [1.82, 2.24) is 25.0 Å². The monoisotopic (exact) mass is 366 g/mol. The van der Waals surface area contributed by atoms with E-state index in [1.807, 2.05) is 0 Å². The fourth-order valence-electron chi connectivity index (χ4n) is 1.83. The molecule has 1 N–H and O–H groups in total. The zero-order valence-electron chi connectivity index (χ0n) is 12.9. The van der Waals surface area contributed by atoms with E-state index in [1.165, 1.54) is 23.4 Å². The van der Waals surface area contributed by atoms with Crippen LogP contribution >= 0.6 is 11.8 Å². The minimum Gasteiger partial charge on any atom is -0.414 e. The van der Waals surface area contributed by atoms with E-state index in [4.69, 9.17) is 4.42 Å². The Morgan fingerprint density at radius 1 is 1.36 bits per heavy atom. The summed E-state index contributed by atoms with van der Waals surface area (Å²) in [6.45, 7) is 1.89. The maximum atomic E-state index is 13.2. The summed E-state index contributed by atoms with van der Waals surface area (Å²) in [7, 11) is 0. The van der Waals surface area contributed by atoms with Crippen molar-refractivity contribution in [2.45, 2.75) is 23.9 Å². The van der Waals surface area contributed by atoms with Crippen LogP contribution in [-0.2, 0) is 11.3 Å². The lowest BCUT2D eigenvalue weighted by Crippen LogP contribution is -2.22. The third-order valence-electron chi connectivity index (χ3n) is 3.05. The van der Waals surface area contributed by atoms with Gasteiger partial charge in [-0.15, -0.1) is 10.2 Å². The molecule has 0 saturated carbocycles. The number of anilines is 1. The molecule has 11 heteroatoms. The average molecular weight is 366 g/mol. The van der Waals surface area contributed by atoms with Gasteiger partial charge in [-0.3, -0.25) is 4.79 Å². The summed E-state index contributed by atoms with van der Waals surface area (Å²) in [5, 5.41) is 13.7. The number of amides is 1. The number of nitrogens with one attached hydrogen (secondary N) is 1. The van der Waals surface area contributed by atoms with Crippen LogP contribution in [0, 0.1) is 11.6 Å². The lowest BCUT2D eigenvalue weighted by Gasteiger charge is -2.10. The number of nitrogens with zero attached hydrogens (tertiary/aromatic N) is 5. The number of hydrogen-bond donors (Lipinski definition) is 1. The van der Waals surface area contributed by atoms with E-state index in [0.29, 0.717) is 5.89 Å². The smallest absolute Gasteiger partial charge is 0.277 e. The van der Waals surface area contributed by atoms with Crippen molar-refractivity contribution in [3.8, 4) is 0 Å². The lowest BCUT2D eigenvalue weighted by molar-refractivity contribution is -0.115. The minimum absolute atomic E-state index is 0.161. The van der Waals surface area contributed by atoms with Crippen molar-refractivity contribution in [3.05, 3.63) is 48.4 Å². The van der Waals surface area contributed by atoms with E-state index in [2.05, 4.69) is 25.6 Å². The van der Waals surface area contributed by atoms with Crippen LogP contribution in [0.3, 0.4) is 0 Å². The number of carbonyl (C=O) groups is 1. The second kappa shape index (κ2) is 7.38. The predicted molar refractivity (Wildman–Crippen MR) is 83.7 cm³/mol. The molecule has 0 radical (unpaired) electrons. The van der Waals surface area contributed by atoms with Crippen LogP contribution in [0.2, 0.25) is 0 Å². The van der Waals surface area contributed by atoms with Crippen molar-refractivity contribution >= 4 is 23.4 Å². The minimum atomic E-state index is -1.03. The molecule has 3 rings (SSSR count). The lowest BCUT2D eigenvalue weighted by atomic mass is 10.3. The van der Waals surface area contributed by atoms with Gasteiger partial charge in [0, 0.05) is 11.8 Å². The fourth-order valence-corrected chi connectivity index (χ4v) is 2.53. The van der Waals surface area contributed by atoms with Gasteiger partial charge in [0.1, 0.15) is 19.2 Å². The van der Waals surface area contributed by atoms with Crippen molar-refractivity contribution in [1.29, 1.82) is 0 Å². The molecule has 0 aliphatic heterocycles. The zero-order valence-corrected chi connectivity index (χ0v) is 13.7. The van der Waals surface area contributed by atoms with Crippen LogP contribution in [0.4, 0.5) is 14.5 Å². The molecule has 2 heterocycles. The standard InChI is InChI=1S/C14H12F2N6O2S/c1-8(13(23)19-9-2-3-10(15)11(16)4-9)25-14-21-20-12(24-14)5-22-7-17-6-18-22/h2-4,6-8H,5H2,1H3,(H,19,23). The Morgan fingerprint density at radius 2 is 2.20 bits per heavy atom. The molecule has 3 aromatic rings. The van der Waals surface area contributed by atoms with Crippen LogP contribution in [0.15, 0.2) is 40.5 Å². The Hall–Kier alpha value is -2.82. The largest absolute Gasteiger partial charge is 0.414 e. The number of carbonyl (C=O) groups excluding carboxylic acids is 1. The van der Waals surface area contributed by atoms with Crippen molar-refractivity contribution < 1.29 is 18.0 Å². The van der Waals surface area contributed by atoms with Crippen molar-refractivity contribution in [2.24, 2.45) is 0 Å². The number of halogens is 2. The van der Waals surface area contributed by atoms with Gasteiger partial charge in [0.15, 0.2) is 11.6 Å². The van der Waals surface area contributed by atoms with E-state index >= 15 is 0 Å². The summed E-state index contributed by atoms with van der Waals surface area (Å²) in [6, 6.07) is 3.13. The summed E-state index contributed by atoms with van der Waals surface area (Å²) in [6.07, 6.45) is 2.89. The van der Waals surface area contributed by atoms with E-state index in [0.717, 1.165) is 23.9 Å². The molecule has 2 aromatic heterocycles. The summed E-state index contributed by atoms with van der Waals surface area (Å²) >= 11 is 1.05. The molecule has 0 aliphatic rings. The fraction of sp³-hybridized carbons (Fsp3) is 0.214. The highest BCUT2D eigenvalue weighted by atomic mass is 32.2. The summed E-state index contributed by atoms with van der Waals surface area (Å²) in [5.41, 5.74) is 0.161. The molecular weight excluding hydrogens is 354 g/mol. The molecule has 0 saturated heterocycles. The quantitative estimate of drug-likeness (QED) is 0.667. The number of aromatic nitrogens is 5. The molecule has 0 spiro atoms. The molecule has 0 bridgehead atoms. The van der Waals surface area contributed by atoms with Crippen LogP contribution in [-0.4, -0.2) is 36.1 Å². The first-order valence-electron chi connectivity index (χ1n) is 7.08. The molecule has 130 valence electrons. The third kappa shape index (κ3) is 4.38. The molecule has 1 unspecified atom stereocenters. The predicted octanol–water partition coefficient (Wildman–Crippen LogP) is 2.11. The van der Waals surface area contributed by atoms with Gasteiger partial charge in [0.25, 0.3) is 5.22 Å². The first kappa shape index (κ1) is 17.0. The first-order valence-corrected chi connectivity index (χ1v) is 7.96. The normalized spacial score (nSPS) is 12.1. The Morgan fingerprint density at radius 3 is 2.92 bits per heavy atom. The van der Waals surface area contributed by atoms with E-state index in [1.54, 1.807) is 6.92 Å². The summed E-state index contributed by atoms with van der Waals surface area (Å²) < 4.78 is 33.0. The Labute approximate surface area is 144 Å². The first-order chi connectivity index (χ1) is 12.0. The Kier molecular flexibility index (Phi) is 5.03. The molecule has 8 nitrogen and oxygen atoms in total. The Bertz CT molecular complexity index is 870. The van der Waals surface area contributed by atoms with Crippen molar-refractivity contribution in [3.63, 3.8) is 0 Å². The highest BCUT2D eigenvalue weighted by Crippen LogP contribution is 2.23. The molecule has 0 fully saturated rings. The van der Waals surface area contributed by atoms with Gasteiger partial charge in [-0.1, -0.05) is 11.8 Å². The molecular formula is C14H12F2N6O2S.